The Labute approximate surface area is 122 Å². The molecular formula is C17H28FNO. The van der Waals surface area contributed by atoms with Gasteiger partial charge in [0.25, 0.3) is 0 Å². The van der Waals surface area contributed by atoms with Crippen molar-refractivity contribution < 1.29 is 9.13 Å². The van der Waals surface area contributed by atoms with E-state index < -0.39 is 0 Å². The maximum atomic E-state index is 14.2. The number of benzene rings is 1. The normalized spacial score (nSPS) is 14.9. The van der Waals surface area contributed by atoms with Crippen molar-refractivity contribution in [3.05, 3.63) is 29.6 Å². The highest BCUT2D eigenvalue weighted by Gasteiger charge is 2.24. The van der Waals surface area contributed by atoms with Crippen LogP contribution in [0.2, 0.25) is 0 Å². The molecule has 0 aliphatic carbocycles. The predicted octanol–water partition coefficient (Wildman–Crippen LogP) is 4.04. The first-order valence-electron chi connectivity index (χ1n) is 7.28. The Bertz CT molecular complexity index is 425. The van der Waals surface area contributed by atoms with Gasteiger partial charge in [0.1, 0.15) is 0 Å². The van der Waals surface area contributed by atoms with Crippen molar-refractivity contribution >= 4 is 0 Å². The van der Waals surface area contributed by atoms with Gasteiger partial charge in [-0.1, -0.05) is 39.8 Å². The maximum absolute atomic E-state index is 14.2. The zero-order chi connectivity index (χ0) is 15.3. The van der Waals surface area contributed by atoms with Crippen molar-refractivity contribution in [2.45, 2.75) is 46.6 Å². The van der Waals surface area contributed by atoms with Gasteiger partial charge in [0.2, 0.25) is 0 Å². The molecule has 0 bridgehead atoms. The first kappa shape index (κ1) is 17.0. The largest absolute Gasteiger partial charge is 0.494 e. The quantitative estimate of drug-likeness (QED) is 0.850. The van der Waals surface area contributed by atoms with Crippen molar-refractivity contribution in [3.63, 3.8) is 0 Å². The van der Waals surface area contributed by atoms with Gasteiger partial charge in [0.15, 0.2) is 11.6 Å². The van der Waals surface area contributed by atoms with Crippen LogP contribution in [0.25, 0.3) is 0 Å². The van der Waals surface area contributed by atoms with Gasteiger partial charge in [-0.2, -0.15) is 0 Å². The molecule has 0 spiro atoms. The Morgan fingerprint density at radius 1 is 1.30 bits per heavy atom. The minimum absolute atomic E-state index is 0.237. The fraction of sp³-hybridized carbons (Fsp3) is 0.647. The maximum Gasteiger partial charge on any atom is 0.168 e. The number of ether oxygens (including phenoxy) is 1. The molecule has 1 rings (SSSR count). The van der Waals surface area contributed by atoms with Crippen molar-refractivity contribution in [2.75, 3.05) is 14.2 Å². The molecule has 0 radical (unpaired) electrons. The van der Waals surface area contributed by atoms with Crippen molar-refractivity contribution in [1.82, 2.24) is 5.32 Å². The zero-order valence-electron chi connectivity index (χ0n) is 13.6. The lowest BCUT2D eigenvalue weighted by atomic mass is 9.78. The van der Waals surface area contributed by atoms with Crippen LogP contribution in [-0.4, -0.2) is 20.2 Å². The molecule has 1 aromatic rings. The van der Waals surface area contributed by atoms with Crippen LogP contribution in [0.3, 0.4) is 0 Å². The molecule has 2 unspecified atom stereocenters. The second-order valence-electron chi connectivity index (χ2n) is 6.63. The molecule has 0 aliphatic rings. The van der Waals surface area contributed by atoms with Crippen LogP contribution < -0.4 is 10.1 Å². The van der Waals surface area contributed by atoms with Gasteiger partial charge in [-0.3, -0.25) is 0 Å². The zero-order valence-corrected chi connectivity index (χ0v) is 13.6. The average Bonchev–Trinajstić information content (AvgIpc) is 2.38. The topological polar surface area (TPSA) is 21.3 Å². The van der Waals surface area contributed by atoms with Gasteiger partial charge in [0, 0.05) is 6.04 Å². The Morgan fingerprint density at radius 2 is 1.95 bits per heavy atom. The van der Waals surface area contributed by atoms with E-state index in [1.807, 2.05) is 19.2 Å². The molecule has 0 fully saturated rings. The van der Waals surface area contributed by atoms with E-state index in [-0.39, 0.29) is 17.3 Å². The average molecular weight is 281 g/mol. The van der Waals surface area contributed by atoms with Gasteiger partial charge in [-0.25, -0.2) is 4.39 Å². The highest BCUT2D eigenvalue weighted by molar-refractivity contribution is 5.31. The van der Waals surface area contributed by atoms with Crippen LogP contribution >= 0.6 is 0 Å². The van der Waals surface area contributed by atoms with Crippen LogP contribution in [0, 0.1) is 17.2 Å². The monoisotopic (exact) mass is 281 g/mol. The molecule has 2 nitrogen and oxygen atoms in total. The number of methoxy groups -OCH3 is 1. The summed E-state index contributed by atoms with van der Waals surface area (Å²) in [5, 5.41) is 3.31. The molecule has 0 saturated carbocycles. The predicted molar refractivity (Wildman–Crippen MR) is 82.7 cm³/mol. The third-order valence-corrected chi connectivity index (χ3v) is 4.25. The SMILES string of the molecule is CNC(Cc1cccc(OC)c1F)CC(C)C(C)(C)C. The Kier molecular flexibility index (Phi) is 6.00. The number of nitrogens with one attached hydrogen (secondary N) is 1. The Hall–Kier alpha value is -1.09. The summed E-state index contributed by atoms with van der Waals surface area (Å²) in [5.74, 6) is 0.647. The van der Waals surface area contributed by atoms with Crippen molar-refractivity contribution in [3.8, 4) is 5.75 Å². The van der Waals surface area contributed by atoms with Crippen LogP contribution in [0.15, 0.2) is 18.2 Å². The highest BCUT2D eigenvalue weighted by Crippen LogP contribution is 2.30. The minimum Gasteiger partial charge on any atom is -0.494 e. The summed E-state index contributed by atoms with van der Waals surface area (Å²) in [6, 6.07) is 5.61. The molecule has 0 amide bonds. The molecule has 114 valence electrons. The van der Waals surface area contributed by atoms with E-state index in [1.54, 1.807) is 6.07 Å². The molecule has 2 atom stereocenters. The van der Waals surface area contributed by atoms with Gasteiger partial charge in [-0.15, -0.1) is 0 Å². The molecule has 20 heavy (non-hydrogen) atoms. The summed E-state index contributed by atoms with van der Waals surface area (Å²) in [5.41, 5.74) is 0.979. The van der Waals surface area contributed by atoms with E-state index in [0.717, 1.165) is 6.42 Å². The smallest absolute Gasteiger partial charge is 0.168 e. The van der Waals surface area contributed by atoms with E-state index in [0.29, 0.717) is 23.7 Å². The van der Waals surface area contributed by atoms with Crippen LogP contribution in [0.1, 0.15) is 39.7 Å². The number of hydrogen-bond acceptors (Lipinski definition) is 2. The number of halogens is 1. The van der Waals surface area contributed by atoms with Gasteiger partial charge >= 0.3 is 0 Å². The fourth-order valence-corrected chi connectivity index (χ4v) is 2.22. The second-order valence-corrected chi connectivity index (χ2v) is 6.63. The Morgan fingerprint density at radius 3 is 2.45 bits per heavy atom. The van der Waals surface area contributed by atoms with Gasteiger partial charge < -0.3 is 10.1 Å². The number of rotatable bonds is 6. The third-order valence-electron chi connectivity index (χ3n) is 4.25. The molecule has 3 heteroatoms. The van der Waals surface area contributed by atoms with Gasteiger partial charge in [0.05, 0.1) is 7.11 Å². The van der Waals surface area contributed by atoms with E-state index in [9.17, 15) is 4.39 Å². The van der Waals surface area contributed by atoms with E-state index in [1.165, 1.54) is 7.11 Å². The first-order valence-corrected chi connectivity index (χ1v) is 7.28. The molecular weight excluding hydrogens is 253 g/mol. The number of hydrogen-bond donors (Lipinski definition) is 1. The summed E-state index contributed by atoms with van der Waals surface area (Å²) in [7, 11) is 3.44. The van der Waals surface area contributed by atoms with E-state index in [4.69, 9.17) is 4.74 Å². The summed E-state index contributed by atoms with van der Waals surface area (Å²) in [6.45, 7) is 9.00. The summed E-state index contributed by atoms with van der Waals surface area (Å²) in [4.78, 5) is 0. The number of likely N-dealkylation sites (N-methyl/N-ethyl adjacent to an activating group) is 1. The third kappa shape index (κ3) is 4.48. The molecule has 0 heterocycles. The molecule has 1 aromatic carbocycles. The van der Waals surface area contributed by atoms with Crippen LogP contribution in [-0.2, 0) is 6.42 Å². The van der Waals surface area contributed by atoms with Gasteiger partial charge in [-0.05, 0) is 42.9 Å². The first-order chi connectivity index (χ1) is 9.29. The summed E-state index contributed by atoms with van der Waals surface area (Å²) in [6.07, 6.45) is 1.70. The lowest BCUT2D eigenvalue weighted by Crippen LogP contribution is -2.33. The van der Waals surface area contributed by atoms with Crippen molar-refractivity contribution in [2.24, 2.45) is 11.3 Å². The van der Waals surface area contributed by atoms with Crippen molar-refractivity contribution in [1.29, 1.82) is 0 Å². The fourth-order valence-electron chi connectivity index (χ4n) is 2.22. The van der Waals surface area contributed by atoms with Crippen LogP contribution in [0.4, 0.5) is 4.39 Å². The van der Waals surface area contributed by atoms with E-state index >= 15 is 0 Å². The molecule has 0 aliphatic heterocycles. The van der Waals surface area contributed by atoms with E-state index in [2.05, 4.69) is 33.0 Å². The minimum atomic E-state index is -0.237. The molecule has 0 aromatic heterocycles. The summed E-state index contributed by atoms with van der Waals surface area (Å²) < 4.78 is 19.2. The highest BCUT2D eigenvalue weighted by atomic mass is 19.1. The lowest BCUT2D eigenvalue weighted by molar-refractivity contribution is 0.224. The lowest BCUT2D eigenvalue weighted by Gasteiger charge is -2.31. The van der Waals surface area contributed by atoms with Crippen LogP contribution in [0.5, 0.6) is 5.75 Å². The summed E-state index contributed by atoms with van der Waals surface area (Å²) >= 11 is 0. The second kappa shape index (κ2) is 7.07. The molecule has 1 N–H and O–H groups in total. The molecule has 0 saturated heterocycles. The Balaban J connectivity index is 2.79. The standard InChI is InChI=1S/C17H28FNO/c1-12(17(2,3)4)10-14(19-5)11-13-8-7-9-15(20-6)16(13)18/h7-9,12,14,19H,10-11H2,1-6H3.